The number of morpholine rings is 1. The third-order valence-corrected chi connectivity index (χ3v) is 3.73. The van der Waals surface area contributed by atoms with Crippen molar-refractivity contribution in [2.24, 2.45) is 0 Å². The van der Waals surface area contributed by atoms with E-state index in [-0.39, 0.29) is 17.6 Å². The zero-order valence-electron chi connectivity index (χ0n) is 13.0. The molecule has 0 N–H and O–H groups in total. The molecule has 1 fully saturated rings. The number of amides is 1. The Morgan fingerprint density at radius 1 is 1.35 bits per heavy atom. The largest absolute Gasteiger partial charge is 0.377 e. The first-order valence-electron chi connectivity index (χ1n) is 7.54. The second-order valence-corrected chi connectivity index (χ2v) is 5.74. The zero-order chi connectivity index (χ0) is 16.4. The molecule has 23 heavy (non-hydrogen) atoms. The van der Waals surface area contributed by atoms with Gasteiger partial charge in [0.2, 0.25) is 5.89 Å². The quantitative estimate of drug-likeness (QED) is 0.869. The molecule has 0 bridgehead atoms. The summed E-state index contributed by atoms with van der Waals surface area (Å²) in [6.45, 7) is 5.08. The number of rotatable bonds is 3. The molecule has 0 unspecified atom stereocenters. The molecule has 1 aliphatic heterocycles. The van der Waals surface area contributed by atoms with E-state index in [1.54, 1.807) is 4.90 Å². The second kappa shape index (κ2) is 6.45. The lowest BCUT2D eigenvalue weighted by Gasteiger charge is -2.33. The lowest BCUT2D eigenvalue weighted by molar-refractivity contribution is -0.00577. The highest BCUT2D eigenvalue weighted by molar-refractivity contribution is 5.94. The standard InChI is InChI=1S/C16H18FN3O3/c1-10(2)15-18-14(19-23-15)13-9-22-8-7-20(13)16(21)11-3-5-12(17)6-4-11/h3-6,10,13H,7-9H2,1-2H3/t13-/m1/s1. The summed E-state index contributed by atoms with van der Waals surface area (Å²) in [5, 5.41) is 3.98. The van der Waals surface area contributed by atoms with Crippen molar-refractivity contribution < 1.29 is 18.4 Å². The van der Waals surface area contributed by atoms with Crippen LogP contribution >= 0.6 is 0 Å². The maximum absolute atomic E-state index is 13.0. The topological polar surface area (TPSA) is 68.5 Å². The number of aromatic nitrogens is 2. The van der Waals surface area contributed by atoms with Crippen molar-refractivity contribution in [2.75, 3.05) is 19.8 Å². The third-order valence-electron chi connectivity index (χ3n) is 3.73. The van der Waals surface area contributed by atoms with Gasteiger partial charge in [-0.2, -0.15) is 4.98 Å². The molecule has 2 heterocycles. The Bertz CT molecular complexity index is 684. The number of halogens is 1. The fourth-order valence-electron chi connectivity index (χ4n) is 2.44. The van der Waals surface area contributed by atoms with E-state index in [9.17, 15) is 9.18 Å². The number of nitrogens with zero attached hydrogens (tertiary/aromatic N) is 3. The molecule has 0 aliphatic carbocycles. The molecule has 1 aliphatic rings. The van der Waals surface area contributed by atoms with Gasteiger partial charge in [-0.25, -0.2) is 4.39 Å². The molecule has 1 aromatic carbocycles. The lowest BCUT2D eigenvalue weighted by Crippen LogP contribution is -2.43. The molecule has 1 aromatic heterocycles. The molecule has 1 saturated heterocycles. The van der Waals surface area contributed by atoms with Crippen LogP contribution in [0.25, 0.3) is 0 Å². The molecule has 0 spiro atoms. The van der Waals surface area contributed by atoms with Gasteiger partial charge in [-0.3, -0.25) is 4.79 Å². The van der Waals surface area contributed by atoms with Gasteiger partial charge in [-0.05, 0) is 24.3 Å². The van der Waals surface area contributed by atoms with Gasteiger partial charge < -0.3 is 14.2 Å². The van der Waals surface area contributed by atoms with Crippen molar-refractivity contribution in [3.63, 3.8) is 0 Å². The van der Waals surface area contributed by atoms with E-state index in [0.29, 0.717) is 37.0 Å². The van der Waals surface area contributed by atoms with Crippen LogP contribution in [0.1, 0.15) is 47.9 Å². The van der Waals surface area contributed by atoms with Crippen molar-refractivity contribution >= 4 is 5.91 Å². The number of hydrogen-bond donors (Lipinski definition) is 0. The Labute approximate surface area is 133 Å². The van der Waals surface area contributed by atoms with Crippen LogP contribution in [0.15, 0.2) is 28.8 Å². The summed E-state index contributed by atoms with van der Waals surface area (Å²) in [4.78, 5) is 18.7. The number of ether oxygens (including phenoxy) is 1. The molecular weight excluding hydrogens is 301 g/mol. The Balaban J connectivity index is 1.85. The first-order valence-corrected chi connectivity index (χ1v) is 7.54. The van der Waals surface area contributed by atoms with Gasteiger partial charge in [-0.1, -0.05) is 19.0 Å². The Kier molecular flexibility index (Phi) is 4.38. The van der Waals surface area contributed by atoms with Crippen LogP contribution in [0.5, 0.6) is 0 Å². The molecule has 0 saturated carbocycles. The van der Waals surface area contributed by atoms with Crippen molar-refractivity contribution in [3.8, 4) is 0 Å². The minimum Gasteiger partial charge on any atom is -0.377 e. The smallest absolute Gasteiger partial charge is 0.254 e. The number of carbonyl (C=O) groups excluding carboxylic acids is 1. The normalized spacial score (nSPS) is 18.4. The van der Waals surface area contributed by atoms with E-state index in [0.717, 1.165) is 0 Å². The minimum absolute atomic E-state index is 0.113. The second-order valence-electron chi connectivity index (χ2n) is 5.74. The Morgan fingerprint density at radius 2 is 2.09 bits per heavy atom. The third kappa shape index (κ3) is 3.24. The first-order chi connectivity index (χ1) is 11.1. The minimum atomic E-state index is -0.405. The van der Waals surface area contributed by atoms with Gasteiger partial charge in [0.05, 0.1) is 13.2 Å². The summed E-state index contributed by atoms with van der Waals surface area (Å²) < 4.78 is 23.7. The highest BCUT2D eigenvalue weighted by Gasteiger charge is 2.33. The van der Waals surface area contributed by atoms with E-state index in [1.807, 2.05) is 13.8 Å². The molecule has 122 valence electrons. The zero-order valence-corrected chi connectivity index (χ0v) is 13.0. The van der Waals surface area contributed by atoms with E-state index >= 15 is 0 Å². The van der Waals surface area contributed by atoms with Gasteiger partial charge in [0.15, 0.2) is 5.82 Å². The van der Waals surface area contributed by atoms with E-state index in [2.05, 4.69) is 10.1 Å². The van der Waals surface area contributed by atoms with Crippen LogP contribution in [0.4, 0.5) is 4.39 Å². The van der Waals surface area contributed by atoms with Gasteiger partial charge in [0, 0.05) is 18.0 Å². The van der Waals surface area contributed by atoms with Crippen molar-refractivity contribution in [1.82, 2.24) is 15.0 Å². The number of hydrogen-bond acceptors (Lipinski definition) is 5. The molecule has 7 heteroatoms. The fourth-order valence-corrected chi connectivity index (χ4v) is 2.44. The summed E-state index contributed by atoms with van der Waals surface area (Å²) in [5.74, 6) is 0.500. The van der Waals surface area contributed by atoms with Crippen molar-refractivity contribution in [2.45, 2.75) is 25.8 Å². The van der Waals surface area contributed by atoms with Crippen LogP contribution in [-0.4, -0.2) is 40.7 Å². The average Bonchev–Trinajstić information content (AvgIpc) is 3.05. The molecular formula is C16H18FN3O3. The lowest BCUT2D eigenvalue weighted by atomic mass is 10.1. The Hall–Kier alpha value is -2.28. The monoisotopic (exact) mass is 319 g/mol. The summed E-state index contributed by atoms with van der Waals surface area (Å²) in [7, 11) is 0. The van der Waals surface area contributed by atoms with Crippen LogP contribution in [0.3, 0.4) is 0 Å². The number of carbonyl (C=O) groups is 1. The van der Waals surface area contributed by atoms with Crippen LogP contribution in [-0.2, 0) is 4.74 Å². The van der Waals surface area contributed by atoms with E-state index in [1.165, 1.54) is 24.3 Å². The molecule has 1 atom stereocenters. The van der Waals surface area contributed by atoms with E-state index < -0.39 is 6.04 Å². The summed E-state index contributed by atoms with van der Waals surface area (Å²) in [5.41, 5.74) is 0.422. The predicted molar refractivity (Wildman–Crippen MR) is 79.4 cm³/mol. The van der Waals surface area contributed by atoms with Crippen LogP contribution in [0.2, 0.25) is 0 Å². The molecule has 6 nitrogen and oxygen atoms in total. The fraction of sp³-hybridized carbons (Fsp3) is 0.438. The van der Waals surface area contributed by atoms with Crippen LogP contribution in [0, 0.1) is 5.82 Å². The molecule has 3 rings (SSSR count). The maximum Gasteiger partial charge on any atom is 0.254 e. The highest BCUT2D eigenvalue weighted by Crippen LogP contribution is 2.25. The molecule has 2 aromatic rings. The average molecular weight is 319 g/mol. The maximum atomic E-state index is 13.0. The summed E-state index contributed by atoms with van der Waals surface area (Å²) in [6.07, 6.45) is 0. The number of benzene rings is 1. The predicted octanol–water partition coefficient (Wildman–Crippen LogP) is 2.55. The first kappa shape index (κ1) is 15.6. The van der Waals surface area contributed by atoms with Crippen molar-refractivity contribution in [1.29, 1.82) is 0 Å². The summed E-state index contributed by atoms with van der Waals surface area (Å²) >= 11 is 0. The Morgan fingerprint density at radius 3 is 2.74 bits per heavy atom. The van der Waals surface area contributed by atoms with E-state index in [4.69, 9.17) is 9.26 Å². The van der Waals surface area contributed by atoms with Crippen LogP contribution < -0.4 is 0 Å². The molecule has 1 amide bonds. The molecule has 0 radical (unpaired) electrons. The SMILES string of the molecule is CC(C)c1nc([C@H]2COCCN2C(=O)c2ccc(F)cc2)no1. The van der Waals surface area contributed by atoms with Gasteiger partial charge in [-0.15, -0.1) is 0 Å². The summed E-state index contributed by atoms with van der Waals surface area (Å²) in [6, 6.07) is 5.08. The van der Waals surface area contributed by atoms with Gasteiger partial charge in [0.1, 0.15) is 11.9 Å². The van der Waals surface area contributed by atoms with Gasteiger partial charge >= 0.3 is 0 Å². The van der Waals surface area contributed by atoms with Gasteiger partial charge in [0.25, 0.3) is 5.91 Å². The highest BCUT2D eigenvalue weighted by atomic mass is 19.1. The van der Waals surface area contributed by atoms with Crippen molar-refractivity contribution in [3.05, 3.63) is 47.4 Å².